The topological polar surface area (TPSA) is 149 Å². The first-order chi connectivity index (χ1) is 43.8. The van der Waals surface area contributed by atoms with E-state index in [-0.39, 0.29) is 12.5 Å². The van der Waals surface area contributed by atoms with Crippen molar-refractivity contribution in [3.8, 4) is 0 Å². The second kappa shape index (κ2) is 69.2. The number of rotatable bonds is 71. The Bertz CT molecular complexity index is 1500. The highest BCUT2D eigenvalue weighted by molar-refractivity contribution is 5.76. The van der Waals surface area contributed by atoms with Gasteiger partial charge in [0.2, 0.25) is 5.91 Å². The summed E-state index contributed by atoms with van der Waals surface area (Å²) in [5, 5.41) is 54.8. The van der Waals surface area contributed by atoms with E-state index in [9.17, 15) is 30.3 Å². The lowest BCUT2D eigenvalue weighted by molar-refractivity contribution is -0.302. The van der Waals surface area contributed by atoms with Crippen LogP contribution >= 0.6 is 0 Å². The molecule has 0 aromatic rings. The normalized spacial score (nSPS) is 17.9. The molecule has 1 aliphatic rings. The third-order valence-electron chi connectivity index (χ3n) is 19.2. The van der Waals surface area contributed by atoms with Gasteiger partial charge in [-0.15, -0.1) is 0 Å². The van der Waals surface area contributed by atoms with Crippen molar-refractivity contribution in [2.75, 3.05) is 13.2 Å². The quantitative estimate of drug-likeness (QED) is 0.0261. The summed E-state index contributed by atoms with van der Waals surface area (Å²) in [4.78, 5) is 13.2. The van der Waals surface area contributed by atoms with E-state index in [2.05, 4.69) is 43.5 Å². The number of hydrogen-bond donors (Lipinski definition) is 6. The Kier molecular flexibility index (Phi) is 66.5. The number of nitrogens with one attached hydrogen (secondary N) is 1. The monoisotopic (exact) mass is 1260 g/mol. The number of amides is 1. The summed E-state index contributed by atoms with van der Waals surface area (Å²) in [6, 6.07) is -0.829. The first-order valence-electron chi connectivity index (χ1n) is 39.7. The summed E-state index contributed by atoms with van der Waals surface area (Å²) < 4.78 is 11.3. The van der Waals surface area contributed by atoms with Gasteiger partial charge in [-0.1, -0.05) is 397 Å². The zero-order chi connectivity index (χ0) is 64.2. The van der Waals surface area contributed by atoms with Crippen molar-refractivity contribution in [2.45, 2.75) is 455 Å². The molecule has 1 fully saturated rings. The molecule has 9 heteroatoms. The van der Waals surface area contributed by atoms with Crippen LogP contribution in [0.3, 0.4) is 0 Å². The van der Waals surface area contributed by atoms with Crippen LogP contribution in [0.1, 0.15) is 412 Å². The van der Waals surface area contributed by atoms with Gasteiger partial charge in [-0.2, -0.15) is 0 Å². The lowest BCUT2D eigenvalue weighted by Gasteiger charge is -2.40. The maximum absolute atomic E-state index is 13.2. The van der Waals surface area contributed by atoms with E-state index >= 15 is 0 Å². The molecular formula is C80H153NO8. The number of aliphatic hydroxyl groups excluding tert-OH is 5. The van der Waals surface area contributed by atoms with Crippen LogP contribution < -0.4 is 5.32 Å². The summed E-state index contributed by atoms with van der Waals surface area (Å²) in [5.41, 5.74) is 0. The molecule has 0 spiro atoms. The Hall–Kier alpha value is -1.59. The lowest BCUT2D eigenvalue weighted by atomic mass is 9.99. The molecule has 1 saturated heterocycles. The summed E-state index contributed by atoms with van der Waals surface area (Å²) in [5.74, 6) is -0.182. The Morgan fingerprint density at radius 3 is 0.944 bits per heavy atom. The van der Waals surface area contributed by atoms with Crippen LogP contribution in [0, 0.1) is 0 Å². The van der Waals surface area contributed by atoms with Crippen molar-refractivity contribution >= 4 is 5.91 Å². The third-order valence-corrected chi connectivity index (χ3v) is 19.2. The lowest BCUT2D eigenvalue weighted by Crippen LogP contribution is -2.60. The molecule has 1 heterocycles. The van der Waals surface area contributed by atoms with Gasteiger partial charge in [-0.25, -0.2) is 0 Å². The molecule has 6 N–H and O–H groups in total. The minimum Gasteiger partial charge on any atom is -0.394 e. The minimum atomic E-state index is -1.58. The minimum absolute atomic E-state index is 0.182. The van der Waals surface area contributed by atoms with Gasteiger partial charge in [0.15, 0.2) is 6.29 Å². The number of carbonyl (C=O) groups excluding carboxylic acids is 1. The van der Waals surface area contributed by atoms with Crippen LogP contribution in [0.4, 0.5) is 0 Å². The second-order valence-corrected chi connectivity index (χ2v) is 27.9. The zero-order valence-corrected chi connectivity index (χ0v) is 59.2. The number of hydrogen-bond acceptors (Lipinski definition) is 8. The molecule has 1 aliphatic heterocycles. The summed E-state index contributed by atoms with van der Waals surface area (Å²) in [6.07, 6.45) is 87.4. The molecule has 7 unspecified atom stereocenters. The van der Waals surface area contributed by atoms with E-state index < -0.39 is 49.5 Å². The third kappa shape index (κ3) is 57.6. The molecule has 0 aromatic heterocycles. The number of carbonyl (C=O) groups is 1. The SMILES string of the molecule is CCCCCCCCCCCCCCCCCCCCC/C=C/CC/C=C/CC/C=C/C(O)C(COC1OC(CO)C(O)C(O)C1O)NC(=O)CCCCCCCCCCCCCCCCCCCCCCCCCCCCCCCCCCCCCCC. The molecule has 0 bridgehead atoms. The fourth-order valence-corrected chi connectivity index (χ4v) is 13.0. The predicted octanol–water partition coefficient (Wildman–Crippen LogP) is 22.5. The van der Waals surface area contributed by atoms with Crippen molar-refractivity contribution in [3.63, 3.8) is 0 Å². The van der Waals surface area contributed by atoms with Crippen LogP contribution in [-0.4, -0.2) is 87.5 Å². The van der Waals surface area contributed by atoms with Crippen molar-refractivity contribution in [3.05, 3.63) is 36.5 Å². The second-order valence-electron chi connectivity index (χ2n) is 27.9. The number of allylic oxidation sites excluding steroid dienone is 5. The fourth-order valence-electron chi connectivity index (χ4n) is 13.0. The van der Waals surface area contributed by atoms with Gasteiger partial charge in [0.1, 0.15) is 24.4 Å². The Morgan fingerprint density at radius 2 is 0.640 bits per heavy atom. The molecule has 7 atom stereocenters. The summed E-state index contributed by atoms with van der Waals surface area (Å²) in [6.45, 7) is 3.83. The van der Waals surface area contributed by atoms with Gasteiger partial charge in [0.05, 0.1) is 25.4 Å². The molecule has 1 rings (SSSR count). The van der Waals surface area contributed by atoms with E-state index in [4.69, 9.17) is 9.47 Å². The summed E-state index contributed by atoms with van der Waals surface area (Å²) >= 11 is 0. The molecule has 9 nitrogen and oxygen atoms in total. The number of unbranched alkanes of at least 4 members (excludes halogenated alkanes) is 57. The van der Waals surface area contributed by atoms with Crippen molar-refractivity contribution in [1.29, 1.82) is 0 Å². The highest BCUT2D eigenvalue weighted by Gasteiger charge is 2.44. The predicted molar refractivity (Wildman–Crippen MR) is 383 cm³/mol. The van der Waals surface area contributed by atoms with Crippen LogP contribution in [0.15, 0.2) is 36.5 Å². The van der Waals surface area contributed by atoms with Gasteiger partial charge >= 0.3 is 0 Å². The number of ether oxygens (including phenoxy) is 2. The number of aliphatic hydroxyl groups is 5. The first-order valence-corrected chi connectivity index (χ1v) is 39.7. The highest BCUT2D eigenvalue weighted by atomic mass is 16.7. The van der Waals surface area contributed by atoms with Gasteiger partial charge in [-0.3, -0.25) is 4.79 Å². The molecule has 0 aliphatic carbocycles. The van der Waals surface area contributed by atoms with E-state index in [0.29, 0.717) is 6.42 Å². The average Bonchev–Trinajstić information content (AvgIpc) is 3.50. The van der Waals surface area contributed by atoms with Gasteiger partial charge in [-0.05, 0) is 44.9 Å². The maximum atomic E-state index is 13.2. The molecule has 0 saturated carbocycles. The molecule has 0 aromatic carbocycles. The highest BCUT2D eigenvalue weighted by Crippen LogP contribution is 2.24. The Labute approximate surface area is 552 Å². The molecule has 0 radical (unpaired) electrons. The van der Waals surface area contributed by atoms with E-state index in [1.54, 1.807) is 6.08 Å². The molecule has 526 valence electrons. The van der Waals surface area contributed by atoms with Gasteiger partial charge < -0.3 is 40.3 Å². The van der Waals surface area contributed by atoms with Crippen LogP contribution in [-0.2, 0) is 14.3 Å². The van der Waals surface area contributed by atoms with E-state index in [0.717, 1.165) is 44.9 Å². The van der Waals surface area contributed by atoms with Crippen LogP contribution in [0.25, 0.3) is 0 Å². The largest absolute Gasteiger partial charge is 0.394 e. The molecule has 1 amide bonds. The van der Waals surface area contributed by atoms with Crippen LogP contribution in [0.2, 0.25) is 0 Å². The fraction of sp³-hybridized carbons (Fsp3) is 0.912. The van der Waals surface area contributed by atoms with Crippen LogP contribution in [0.5, 0.6) is 0 Å². The van der Waals surface area contributed by atoms with Crippen molar-refractivity contribution in [1.82, 2.24) is 5.32 Å². The molecule has 89 heavy (non-hydrogen) atoms. The Balaban J connectivity index is 2.08. The average molecular weight is 1260 g/mol. The van der Waals surface area contributed by atoms with Crippen molar-refractivity contribution < 1.29 is 39.8 Å². The standard InChI is InChI=1S/C80H153NO8/c1-3-5-7-9-11-13-15-17-19-21-23-25-27-29-31-33-34-35-36-37-38-39-40-42-44-46-48-50-52-54-56-58-60-62-64-66-68-70-76(84)81-73(72-88-80-79(87)78(86)77(85)75(71-82)89-80)74(83)69-67-65-63-61-59-57-55-53-51-49-47-45-43-41-32-30-28-26-24-22-20-18-16-14-12-10-8-6-4-2/h51,53,59,61,67,69,73-75,77-80,82-83,85-87H,3-50,52,54-58,60,62-66,68,70-72H2,1-2H3,(H,81,84)/b53-51+,61-59+,69-67+. The molecular weight excluding hydrogens is 1100 g/mol. The first kappa shape index (κ1) is 85.4. The smallest absolute Gasteiger partial charge is 0.220 e. The van der Waals surface area contributed by atoms with Crippen molar-refractivity contribution in [2.24, 2.45) is 0 Å². The summed E-state index contributed by atoms with van der Waals surface area (Å²) in [7, 11) is 0. The van der Waals surface area contributed by atoms with Gasteiger partial charge in [0, 0.05) is 6.42 Å². The zero-order valence-electron chi connectivity index (χ0n) is 59.2. The maximum Gasteiger partial charge on any atom is 0.220 e. The van der Waals surface area contributed by atoms with E-state index in [1.807, 2.05) is 6.08 Å². The van der Waals surface area contributed by atoms with E-state index in [1.165, 1.54) is 347 Å². The Morgan fingerprint density at radius 1 is 0.371 bits per heavy atom. The van der Waals surface area contributed by atoms with Gasteiger partial charge in [0.25, 0.3) is 0 Å².